The minimum Gasteiger partial charge on any atom is -0.373 e. The Morgan fingerprint density at radius 1 is 1.55 bits per heavy atom. The third-order valence-electron chi connectivity index (χ3n) is 3.99. The van der Waals surface area contributed by atoms with Gasteiger partial charge in [-0.3, -0.25) is 10.1 Å². The molecular weight excluding hydrogens is 322 g/mol. The summed E-state index contributed by atoms with van der Waals surface area (Å²) in [5.74, 6) is 0. The van der Waals surface area contributed by atoms with Gasteiger partial charge in [0, 0.05) is 42.8 Å². The summed E-state index contributed by atoms with van der Waals surface area (Å²) in [6.45, 7) is 2.11. The van der Waals surface area contributed by atoms with E-state index in [-0.39, 0.29) is 10.6 Å². The molecule has 5 nitrogen and oxygen atoms in total. The number of nitrogens with zero attached hydrogens (tertiary/aromatic N) is 3. The number of non-ortho nitro benzene ring substituents is 1. The van der Waals surface area contributed by atoms with Gasteiger partial charge in [-0.2, -0.15) is 0 Å². The molecule has 1 fully saturated rings. The van der Waals surface area contributed by atoms with Crippen molar-refractivity contribution in [2.45, 2.75) is 24.2 Å². The Bertz CT molecular complexity index is 495. The van der Waals surface area contributed by atoms with Crippen molar-refractivity contribution in [1.29, 1.82) is 0 Å². The molecule has 1 aliphatic heterocycles. The van der Waals surface area contributed by atoms with Crippen LogP contribution in [-0.2, 0) is 5.33 Å². The molecule has 0 amide bonds. The van der Waals surface area contributed by atoms with Gasteiger partial charge in [0.15, 0.2) is 0 Å². The van der Waals surface area contributed by atoms with Crippen LogP contribution in [0, 0.1) is 10.1 Å². The first-order chi connectivity index (χ1) is 9.52. The van der Waals surface area contributed by atoms with Crippen LogP contribution in [0.1, 0.15) is 18.4 Å². The van der Waals surface area contributed by atoms with Gasteiger partial charge in [0.25, 0.3) is 5.69 Å². The number of alkyl halides is 1. The maximum absolute atomic E-state index is 10.8. The van der Waals surface area contributed by atoms with E-state index < -0.39 is 0 Å². The van der Waals surface area contributed by atoms with Crippen molar-refractivity contribution in [3.05, 3.63) is 33.9 Å². The number of nitro benzene ring substituents is 1. The summed E-state index contributed by atoms with van der Waals surface area (Å²) in [6, 6.07) is 5.65. The Morgan fingerprint density at radius 2 is 2.30 bits per heavy atom. The Morgan fingerprint density at radius 3 is 2.85 bits per heavy atom. The van der Waals surface area contributed by atoms with Gasteiger partial charge < -0.3 is 9.80 Å². The SMILES string of the molecule is CN(CC1CCCN1C)c1ccc([N+](=O)[O-])cc1CBr. The predicted octanol–water partition coefficient (Wildman–Crippen LogP) is 3.02. The van der Waals surface area contributed by atoms with Crippen LogP contribution in [0.2, 0.25) is 0 Å². The highest BCUT2D eigenvalue weighted by atomic mass is 79.9. The third-order valence-corrected chi connectivity index (χ3v) is 4.59. The van der Waals surface area contributed by atoms with Crippen LogP contribution in [0.25, 0.3) is 0 Å². The number of likely N-dealkylation sites (N-methyl/N-ethyl adjacent to an activating group) is 2. The first-order valence-corrected chi connectivity index (χ1v) is 7.89. The molecule has 20 heavy (non-hydrogen) atoms. The standard InChI is InChI=1S/C14H20BrN3O2/c1-16-7-3-4-13(16)10-17(2)14-6-5-12(18(19)20)8-11(14)9-15/h5-6,8,13H,3-4,7,9-10H2,1-2H3. The van der Waals surface area contributed by atoms with Crippen molar-refractivity contribution in [3.8, 4) is 0 Å². The van der Waals surface area contributed by atoms with Crippen molar-refractivity contribution >= 4 is 27.3 Å². The first kappa shape index (κ1) is 15.3. The van der Waals surface area contributed by atoms with Crippen LogP contribution < -0.4 is 4.90 Å². The largest absolute Gasteiger partial charge is 0.373 e. The van der Waals surface area contributed by atoms with Crippen LogP contribution in [-0.4, -0.2) is 43.0 Å². The quantitative estimate of drug-likeness (QED) is 0.469. The van der Waals surface area contributed by atoms with Gasteiger partial charge in [-0.25, -0.2) is 0 Å². The molecule has 1 saturated heterocycles. The summed E-state index contributed by atoms with van der Waals surface area (Å²) in [7, 11) is 4.21. The lowest BCUT2D eigenvalue weighted by molar-refractivity contribution is -0.384. The highest BCUT2D eigenvalue weighted by Gasteiger charge is 2.23. The molecule has 0 bridgehead atoms. The fourth-order valence-electron chi connectivity index (χ4n) is 2.79. The van der Waals surface area contributed by atoms with Crippen molar-refractivity contribution in [2.75, 3.05) is 32.1 Å². The molecule has 1 aliphatic rings. The van der Waals surface area contributed by atoms with Gasteiger partial charge in [-0.05, 0) is 38.1 Å². The number of likely N-dealkylation sites (tertiary alicyclic amines) is 1. The Balaban J connectivity index is 2.16. The minimum absolute atomic E-state index is 0.148. The van der Waals surface area contributed by atoms with E-state index in [1.54, 1.807) is 12.1 Å². The number of hydrogen-bond donors (Lipinski definition) is 0. The number of nitro groups is 1. The molecule has 0 saturated carbocycles. The monoisotopic (exact) mass is 341 g/mol. The zero-order chi connectivity index (χ0) is 14.7. The van der Waals surface area contributed by atoms with Gasteiger partial charge >= 0.3 is 0 Å². The lowest BCUT2D eigenvalue weighted by Gasteiger charge is -2.28. The van der Waals surface area contributed by atoms with E-state index in [0.717, 1.165) is 24.3 Å². The topological polar surface area (TPSA) is 49.6 Å². The maximum atomic E-state index is 10.8. The molecule has 0 N–H and O–H groups in total. The second-order valence-corrected chi connectivity index (χ2v) is 5.92. The zero-order valence-corrected chi connectivity index (χ0v) is 13.5. The molecule has 110 valence electrons. The summed E-state index contributed by atoms with van der Waals surface area (Å²) >= 11 is 3.42. The summed E-state index contributed by atoms with van der Waals surface area (Å²) in [5.41, 5.74) is 2.17. The molecule has 0 aromatic heterocycles. The number of anilines is 1. The Hall–Kier alpha value is -1.14. The van der Waals surface area contributed by atoms with E-state index in [1.165, 1.54) is 12.8 Å². The van der Waals surface area contributed by atoms with Crippen molar-refractivity contribution in [3.63, 3.8) is 0 Å². The average Bonchev–Trinajstić information content (AvgIpc) is 2.83. The molecule has 1 unspecified atom stereocenters. The second-order valence-electron chi connectivity index (χ2n) is 5.36. The third kappa shape index (κ3) is 3.30. The van der Waals surface area contributed by atoms with Gasteiger partial charge in [0.05, 0.1) is 4.92 Å². The van der Waals surface area contributed by atoms with E-state index in [1.807, 2.05) is 6.07 Å². The molecule has 1 heterocycles. The van der Waals surface area contributed by atoms with Crippen molar-refractivity contribution < 1.29 is 4.92 Å². The van der Waals surface area contributed by atoms with Crippen molar-refractivity contribution in [1.82, 2.24) is 4.90 Å². The lowest BCUT2D eigenvalue weighted by Crippen LogP contribution is -2.36. The normalized spacial score (nSPS) is 19.2. The zero-order valence-electron chi connectivity index (χ0n) is 11.9. The summed E-state index contributed by atoms with van der Waals surface area (Å²) in [4.78, 5) is 15.1. The van der Waals surface area contributed by atoms with Crippen LogP contribution in [0.4, 0.5) is 11.4 Å². The summed E-state index contributed by atoms with van der Waals surface area (Å²) in [6.07, 6.45) is 2.47. The molecule has 0 aliphatic carbocycles. The molecule has 0 radical (unpaired) electrons. The number of rotatable bonds is 5. The number of halogens is 1. The van der Waals surface area contributed by atoms with Crippen molar-refractivity contribution in [2.24, 2.45) is 0 Å². The van der Waals surface area contributed by atoms with Gasteiger partial charge in [-0.15, -0.1) is 0 Å². The highest BCUT2D eigenvalue weighted by Crippen LogP contribution is 2.28. The van der Waals surface area contributed by atoms with Crippen LogP contribution in [0.3, 0.4) is 0 Å². The second kappa shape index (κ2) is 6.54. The van der Waals surface area contributed by atoms with E-state index in [0.29, 0.717) is 11.4 Å². The fraction of sp³-hybridized carbons (Fsp3) is 0.571. The van der Waals surface area contributed by atoms with Crippen LogP contribution >= 0.6 is 15.9 Å². The van der Waals surface area contributed by atoms with Gasteiger partial charge in [0.2, 0.25) is 0 Å². The maximum Gasteiger partial charge on any atom is 0.269 e. The molecule has 6 heteroatoms. The van der Waals surface area contributed by atoms with Crippen LogP contribution in [0.15, 0.2) is 18.2 Å². The van der Waals surface area contributed by atoms with E-state index in [9.17, 15) is 10.1 Å². The summed E-state index contributed by atoms with van der Waals surface area (Å²) < 4.78 is 0. The first-order valence-electron chi connectivity index (χ1n) is 6.77. The molecule has 1 aromatic carbocycles. The Labute approximate surface area is 127 Å². The molecular formula is C14H20BrN3O2. The van der Waals surface area contributed by atoms with Gasteiger partial charge in [0.1, 0.15) is 0 Å². The minimum atomic E-state index is -0.347. The van der Waals surface area contributed by atoms with Gasteiger partial charge in [-0.1, -0.05) is 15.9 Å². The predicted molar refractivity (Wildman–Crippen MR) is 84.6 cm³/mol. The number of benzene rings is 1. The van der Waals surface area contributed by atoms with Crippen LogP contribution in [0.5, 0.6) is 0 Å². The molecule has 0 spiro atoms. The smallest absolute Gasteiger partial charge is 0.269 e. The average molecular weight is 342 g/mol. The molecule has 2 rings (SSSR count). The summed E-state index contributed by atoms with van der Waals surface area (Å²) in [5, 5.41) is 11.5. The lowest BCUT2D eigenvalue weighted by atomic mass is 10.1. The number of hydrogen-bond acceptors (Lipinski definition) is 4. The Kier molecular flexibility index (Phi) is 4.99. The fourth-order valence-corrected chi connectivity index (χ4v) is 3.24. The van der Waals surface area contributed by atoms with E-state index in [4.69, 9.17) is 0 Å². The van der Waals surface area contributed by atoms with E-state index in [2.05, 4.69) is 39.8 Å². The van der Waals surface area contributed by atoms with E-state index >= 15 is 0 Å². The highest BCUT2D eigenvalue weighted by molar-refractivity contribution is 9.08. The molecule has 1 aromatic rings. The molecule has 1 atom stereocenters.